The maximum absolute atomic E-state index is 16.0. The lowest BCUT2D eigenvalue weighted by molar-refractivity contribution is 0.0165. The second-order valence-corrected chi connectivity index (χ2v) is 14.8. The highest BCUT2D eigenvalue weighted by molar-refractivity contribution is 7.92. The Bertz CT molecular complexity index is 1970. The smallest absolute Gasteiger partial charge is 0.332 e. The van der Waals surface area contributed by atoms with Crippen LogP contribution in [0, 0.1) is 0 Å². The summed E-state index contributed by atoms with van der Waals surface area (Å²) in [6.07, 6.45) is 1.21. The van der Waals surface area contributed by atoms with Crippen LogP contribution in [-0.4, -0.2) is 51.9 Å². The van der Waals surface area contributed by atoms with E-state index >= 15 is 4.21 Å². The molecule has 0 radical (unpaired) electrons. The molecule has 0 saturated heterocycles. The number of aromatic nitrogens is 3. The predicted molar refractivity (Wildman–Crippen MR) is 198 cm³/mol. The number of anilines is 1. The van der Waals surface area contributed by atoms with E-state index < -0.39 is 21.5 Å². The number of hydrogen-bond donors (Lipinski definition) is 2. The van der Waals surface area contributed by atoms with Crippen molar-refractivity contribution in [2.45, 2.75) is 62.6 Å². The zero-order valence-corrected chi connectivity index (χ0v) is 30.5. The highest BCUT2D eigenvalue weighted by Gasteiger charge is 2.41. The lowest BCUT2D eigenvalue weighted by Crippen LogP contribution is -2.39. The number of nitrogens with one attached hydrogen (secondary N) is 2. The minimum Gasteiger partial charge on any atom is -0.481 e. The number of carbonyl (C=O) groups excluding carboxylic acids is 1. The van der Waals surface area contributed by atoms with Crippen LogP contribution in [0.3, 0.4) is 0 Å². The summed E-state index contributed by atoms with van der Waals surface area (Å²) < 4.78 is 42.9. The minimum absolute atomic E-state index is 0.00968. The monoisotopic (exact) mass is 708 g/mol. The van der Waals surface area contributed by atoms with Crippen LogP contribution in [0.1, 0.15) is 67.5 Å². The van der Waals surface area contributed by atoms with Gasteiger partial charge in [0.25, 0.3) is 0 Å². The summed E-state index contributed by atoms with van der Waals surface area (Å²) in [7, 11) is -0.754. The van der Waals surface area contributed by atoms with Crippen molar-refractivity contribution < 1.29 is 23.2 Å². The molecule has 266 valence electrons. The van der Waals surface area contributed by atoms with Gasteiger partial charge in [-0.05, 0) is 34.1 Å². The van der Waals surface area contributed by atoms with Crippen LogP contribution < -0.4 is 19.5 Å². The third-order valence-electron chi connectivity index (χ3n) is 8.92. The molecule has 0 spiro atoms. The first-order chi connectivity index (χ1) is 24.6. The van der Waals surface area contributed by atoms with Crippen molar-refractivity contribution in [3.63, 3.8) is 0 Å². The van der Waals surface area contributed by atoms with E-state index in [9.17, 15) is 4.79 Å². The molecular formula is C39H44N6O5S. The third-order valence-corrected chi connectivity index (χ3v) is 10.8. The summed E-state index contributed by atoms with van der Waals surface area (Å²) in [6, 6.07) is 30.0. The molecule has 0 saturated carbocycles. The Labute approximate surface area is 299 Å². The van der Waals surface area contributed by atoms with Gasteiger partial charge in [0.1, 0.15) is 23.1 Å². The molecule has 2 aromatic heterocycles. The summed E-state index contributed by atoms with van der Waals surface area (Å²) >= 11 is 0. The topological polar surface area (TPSA) is 129 Å². The number of pyridine rings is 1. The van der Waals surface area contributed by atoms with Crippen LogP contribution in [0.5, 0.6) is 11.8 Å². The summed E-state index contributed by atoms with van der Waals surface area (Å²) in [5.41, 5.74) is 2.90. The summed E-state index contributed by atoms with van der Waals surface area (Å²) in [5.74, 6) is 0.643. The number of rotatable bonds is 11. The summed E-state index contributed by atoms with van der Waals surface area (Å²) in [5, 5.41) is 7.55. The van der Waals surface area contributed by atoms with Gasteiger partial charge in [0, 0.05) is 13.2 Å². The number of urea groups is 1. The number of nitrogens with zero attached hydrogens (tertiary/aromatic N) is 4. The molecule has 6 rings (SSSR count). The normalized spacial score (nSPS) is 15.4. The Morgan fingerprint density at radius 1 is 0.922 bits per heavy atom. The predicted octanol–water partition coefficient (Wildman–Crippen LogP) is 7.50. The van der Waals surface area contributed by atoms with Gasteiger partial charge in [0.15, 0.2) is 9.92 Å². The van der Waals surface area contributed by atoms with Crippen LogP contribution in [-0.2, 0) is 26.7 Å². The van der Waals surface area contributed by atoms with Gasteiger partial charge in [-0.2, -0.15) is 9.46 Å². The lowest BCUT2D eigenvalue weighted by atomic mass is 9.78. The van der Waals surface area contributed by atoms with Gasteiger partial charge in [-0.3, -0.25) is 0 Å². The molecule has 51 heavy (non-hydrogen) atoms. The van der Waals surface area contributed by atoms with Crippen molar-refractivity contribution in [2.75, 3.05) is 26.1 Å². The van der Waals surface area contributed by atoms with E-state index in [4.69, 9.17) is 18.6 Å². The Morgan fingerprint density at radius 3 is 1.98 bits per heavy atom. The molecule has 5 aromatic rings. The molecule has 1 aliphatic rings. The van der Waals surface area contributed by atoms with Gasteiger partial charge in [-0.25, -0.2) is 23.4 Å². The fourth-order valence-corrected chi connectivity index (χ4v) is 8.19. The van der Waals surface area contributed by atoms with Gasteiger partial charge < -0.3 is 19.5 Å². The summed E-state index contributed by atoms with van der Waals surface area (Å²) in [4.78, 5) is 19.2. The second-order valence-electron chi connectivity index (χ2n) is 13.0. The van der Waals surface area contributed by atoms with Crippen LogP contribution in [0.25, 0.3) is 0 Å². The van der Waals surface area contributed by atoms with Crippen molar-refractivity contribution >= 4 is 21.6 Å². The molecule has 0 bridgehead atoms. The highest BCUT2D eigenvalue weighted by atomic mass is 32.2. The fourth-order valence-electron chi connectivity index (χ4n) is 6.34. The Balaban J connectivity index is 1.61. The average Bonchev–Trinajstić information content (AvgIpc) is 3.59. The SMILES string of the molecule is COc1cc(C(C)C)c(NC(=O)N[S@@](=O)(=NC(c2ccccc2)(c2ccccc2)c2ccccc2)c2cnn3c2OC[C@@H](OC)C3)c(C(C)C)n1. The highest BCUT2D eigenvalue weighted by Crippen LogP contribution is 2.43. The van der Waals surface area contributed by atoms with Crippen LogP contribution in [0.15, 0.2) is 113 Å². The molecule has 3 heterocycles. The Kier molecular flexibility index (Phi) is 10.4. The first-order valence-electron chi connectivity index (χ1n) is 16.9. The van der Waals surface area contributed by atoms with Crippen molar-refractivity contribution in [2.24, 2.45) is 4.36 Å². The van der Waals surface area contributed by atoms with Crippen LogP contribution >= 0.6 is 0 Å². The molecule has 11 nitrogen and oxygen atoms in total. The van der Waals surface area contributed by atoms with Gasteiger partial charge in [-0.1, -0.05) is 119 Å². The van der Waals surface area contributed by atoms with Crippen LogP contribution in [0.4, 0.5) is 10.5 Å². The molecule has 3 aromatic carbocycles. The molecule has 1 aliphatic heterocycles. The molecule has 12 heteroatoms. The number of methoxy groups -OCH3 is 2. The first kappa shape index (κ1) is 35.6. The van der Waals surface area contributed by atoms with Crippen molar-refractivity contribution in [1.29, 1.82) is 0 Å². The van der Waals surface area contributed by atoms with E-state index in [1.54, 1.807) is 18.9 Å². The standard InChI is InChI=1S/C39H44N6O5S/c1-26(2)32-22-34(49-6)41-35(27(3)4)36(32)42-38(46)43-51(47,33-23-40-45-24-31(48-5)25-50-37(33)45)44-39(28-16-10-7-11-17-28,29-18-12-8-13-19-29)30-20-14-9-15-21-30/h7-23,26-27,31H,24-25H2,1-6H3,(H2,42,43,44,46,47)/t31-,51+/m0/s1. The largest absolute Gasteiger partial charge is 0.481 e. The lowest BCUT2D eigenvalue weighted by Gasteiger charge is -2.33. The average molecular weight is 709 g/mol. The Morgan fingerprint density at radius 2 is 1.49 bits per heavy atom. The second kappa shape index (κ2) is 15.0. The number of fused-ring (bicyclic) bond motifs is 1. The van der Waals surface area contributed by atoms with Gasteiger partial charge in [-0.15, -0.1) is 0 Å². The number of amides is 2. The van der Waals surface area contributed by atoms with Crippen molar-refractivity contribution in [3.8, 4) is 11.8 Å². The van der Waals surface area contributed by atoms with Crippen LogP contribution in [0.2, 0.25) is 0 Å². The number of benzene rings is 3. The van der Waals surface area contributed by atoms with E-state index in [0.29, 0.717) is 23.8 Å². The van der Waals surface area contributed by atoms with Gasteiger partial charge >= 0.3 is 6.03 Å². The zero-order valence-electron chi connectivity index (χ0n) is 29.7. The third kappa shape index (κ3) is 7.06. The number of hydrogen-bond acceptors (Lipinski definition) is 8. The van der Waals surface area contributed by atoms with E-state index in [0.717, 1.165) is 22.3 Å². The zero-order chi connectivity index (χ0) is 36.2. The molecule has 0 aliphatic carbocycles. The molecule has 2 N–H and O–H groups in total. The van der Waals surface area contributed by atoms with E-state index in [2.05, 4.69) is 20.1 Å². The molecular weight excluding hydrogens is 665 g/mol. The molecule has 2 atom stereocenters. The van der Waals surface area contributed by atoms with Crippen molar-refractivity contribution in [3.05, 3.63) is 131 Å². The first-order valence-corrected chi connectivity index (χ1v) is 18.4. The number of carbonyl (C=O) groups is 1. The minimum atomic E-state index is -3.92. The van der Waals surface area contributed by atoms with E-state index in [1.807, 2.05) is 125 Å². The summed E-state index contributed by atoms with van der Waals surface area (Å²) in [6.45, 7) is 8.62. The van der Waals surface area contributed by atoms with E-state index in [-0.39, 0.29) is 35.3 Å². The van der Waals surface area contributed by atoms with E-state index in [1.165, 1.54) is 6.20 Å². The maximum Gasteiger partial charge on any atom is 0.332 e. The number of ether oxygens (including phenoxy) is 3. The molecule has 0 fully saturated rings. The molecule has 2 amide bonds. The molecule has 0 unspecified atom stereocenters. The Hall–Kier alpha value is -5.20. The van der Waals surface area contributed by atoms with Gasteiger partial charge in [0.2, 0.25) is 11.8 Å². The van der Waals surface area contributed by atoms with Crippen molar-refractivity contribution in [1.82, 2.24) is 19.5 Å². The van der Waals surface area contributed by atoms with Gasteiger partial charge in [0.05, 0.1) is 31.2 Å². The quantitative estimate of drug-likeness (QED) is 0.136. The maximum atomic E-state index is 16.0. The fraction of sp³-hybridized carbons (Fsp3) is 0.308.